The van der Waals surface area contributed by atoms with Gasteiger partial charge in [0.15, 0.2) is 0 Å². The summed E-state index contributed by atoms with van der Waals surface area (Å²) < 4.78 is 33.2. The second-order valence-corrected chi connectivity index (χ2v) is 14.5. The highest BCUT2D eigenvalue weighted by Crippen LogP contribution is 2.43. The quantitative estimate of drug-likeness (QED) is 0.0242. The van der Waals surface area contributed by atoms with Crippen LogP contribution in [0.5, 0.6) is 0 Å². The molecule has 0 rings (SSSR count). The van der Waals surface area contributed by atoms with E-state index < -0.39 is 45.1 Å². The lowest BCUT2D eigenvalue weighted by Gasteiger charge is -2.20. The smallest absolute Gasteiger partial charge is 0.472 e. The fourth-order valence-electron chi connectivity index (χ4n) is 4.96. The second kappa shape index (κ2) is 36.3. The van der Waals surface area contributed by atoms with Gasteiger partial charge in [0.1, 0.15) is 12.1 Å². The van der Waals surface area contributed by atoms with E-state index in [1.165, 1.54) is 51.4 Å². The van der Waals surface area contributed by atoms with Crippen molar-refractivity contribution in [3.63, 3.8) is 0 Å². The second-order valence-electron chi connectivity index (χ2n) is 13.0. The summed E-state index contributed by atoms with van der Waals surface area (Å²) in [7, 11) is -4.62. The molecule has 0 aliphatic rings. The minimum absolute atomic E-state index is 0.00254. The number of phosphoric acid groups is 1. The molecular weight excluding hydrogens is 669 g/mol. The number of rotatable bonds is 37. The van der Waals surface area contributed by atoms with E-state index in [2.05, 4.69) is 62.5 Å². The van der Waals surface area contributed by atoms with Crippen LogP contribution in [0.25, 0.3) is 0 Å². The first-order valence-electron chi connectivity index (χ1n) is 19.7. The molecule has 0 heterocycles. The van der Waals surface area contributed by atoms with Crippen LogP contribution in [0, 0.1) is 0 Å². The SMILES string of the molecule is CCC/C=C\C/C=C\CCCCCCCC(=O)OC(COCCCCCCCC/C=C\C/C=C\CCCCC)COP(=O)(O)OCC(N)C(=O)O. The Kier molecular flexibility index (Phi) is 34.8. The van der Waals surface area contributed by atoms with E-state index in [9.17, 15) is 19.0 Å². The molecule has 0 aromatic heterocycles. The summed E-state index contributed by atoms with van der Waals surface area (Å²) in [6.45, 7) is 3.73. The fraction of sp³-hybridized carbons (Fsp3) is 0.750. The maximum atomic E-state index is 12.6. The van der Waals surface area contributed by atoms with Crippen molar-refractivity contribution in [2.75, 3.05) is 26.4 Å². The van der Waals surface area contributed by atoms with E-state index in [-0.39, 0.29) is 13.0 Å². The van der Waals surface area contributed by atoms with Crippen LogP contribution in [0.2, 0.25) is 0 Å². The Hall–Kier alpha value is -2.07. The van der Waals surface area contributed by atoms with E-state index in [1.807, 2.05) is 0 Å². The third-order valence-corrected chi connectivity index (χ3v) is 9.01. The van der Waals surface area contributed by atoms with E-state index >= 15 is 0 Å². The third kappa shape index (κ3) is 36.1. The molecule has 0 fully saturated rings. The van der Waals surface area contributed by atoms with E-state index in [1.54, 1.807) is 0 Å². The summed E-state index contributed by atoms with van der Waals surface area (Å²) >= 11 is 0. The van der Waals surface area contributed by atoms with Gasteiger partial charge in [-0.3, -0.25) is 18.6 Å². The summed E-state index contributed by atoms with van der Waals surface area (Å²) in [5.74, 6) is -1.80. The average molecular weight is 742 g/mol. The van der Waals surface area contributed by atoms with Crippen LogP contribution in [0.3, 0.4) is 0 Å². The van der Waals surface area contributed by atoms with Gasteiger partial charge >= 0.3 is 19.8 Å². The van der Waals surface area contributed by atoms with Gasteiger partial charge in [-0.1, -0.05) is 127 Å². The van der Waals surface area contributed by atoms with Crippen molar-refractivity contribution in [1.82, 2.24) is 0 Å². The summed E-state index contributed by atoms with van der Waals surface area (Å²) in [5.41, 5.74) is 5.34. The number of carbonyl (C=O) groups excluding carboxylic acids is 1. The van der Waals surface area contributed by atoms with Crippen molar-refractivity contribution < 1.29 is 42.7 Å². The number of allylic oxidation sites excluding steroid dienone is 8. The molecule has 51 heavy (non-hydrogen) atoms. The first kappa shape index (κ1) is 48.9. The lowest BCUT2D eigenvalue weighted by atomic mass is 10.1. The zero-order valence-corrected chi connectivity index (χ0v) is 32.8. The van der Waals surface area contributed by atoms with Gasteiger partial charge in [-0.25, -0.2) is 4.57 Å². The normalized spacial score (nSPS) is 14.6. The largest absolute Gasteiger partial charge is 0.480 e. The number of hydrogen-bond donors (Lipinski definition) is 3. The molecule has 0 aromatic carbocycles. The Morgan fingerprint density at radius 2 is 1.12 bits per heavy atom. The molecule has 3 atom stereocenters. The lowest BCUT2D eigenvalue weighted by Crippen LogP contribution is -2.34. The van der Waals surface area contributed by atoms with E-state index in [0.29, 0.717) is 13.0 Å². The molecule has 4 N–H and O–H groups in total. The number of unbranched alkanes of at least 4 members (excludes halogenated alkanes) is 15. The van der Waals surface area contributed by atoms with Gasteiger partial charge < -0.3 is 25.2 Å². The predicted octanol–water partition coefficient (Wildman–Crippen LogP) is 10.3. The summed E-state index contributed by atoms with van der Waals surface area (Å²) in [4.78, 5) is 33.4. The molecule has 0 spiro atoms. The van der Waals surface area contributed by atoms with Crippen LogP contribution in [0.4, 0.5) is 0 Å². The fourth-order valence-corrected chi connectivity index (χ4v) is 5.74. The maximum Gasteiger partial charge on any atom is 0.472 e. The van der Waals surface area contributed by atoms with Crippen molar-refractivity contribution in [3.05, 3.63) is 48.6 Å². The van der Waals surface area contributed by atoms with Crippen molar-refractivity contribution in [3.8, 4) is 0 Å². The molecule has 296 valence electrons. The van der Waals surface area contributed by atoms with Crippen LogP contribution in [0.1, 0.15) is 155 Å². The first-order valence-corrected chi connectivity index (χ1v) is 21.2. The number of nitrogens with two attached hydrogens (primary N) is 1. The Morgan fingerprint density at radius 1 is 0.627 bits per heavy atom. The van der Waals surface area contributed by atoms with Crippen molar-refractivity contribution in [1.29, 1.82) is 0 Å². The molecule has 0 aliphatic carbocycles. The van der Waals surface area contributed by atoms with Crippen LogP contribution >= 0.6 is 7.82 Å². The van der Waals surface area contributed by atoms with Gasteiger partial charge in [0.2, 0.25) is 0 Å². The molecule has 0 saturated carbocycles. The average Bonchev–Trinajstić information content (AvgIpc) is 3.10. The highest BCUT2D eigenvalue weighted by molar-refractivity contribution is 7.47. The van der Waals surface area contributed by atoms with Gasteiger partial charge in [0.05, 0.1) is 19.8 Å². The Morgan fingerprint density at radius 3 is 1.67 bits per heavy atom. The van der Waals surface area contributed by atoms with Crippen LogP contribution < -0.4 is 5.73 Å². The van der Waals surface area contributed by atoms with Gasteiger partial charge in [-0.15, -0.1) is 0 Å². The van der Waals surface area contributed by atoms with E-state index in [4.69, 9.17) is 29.4 Å². The van der Waals surface area contributed by atoms with Gasteiger partial charge in [0.25, 0.3) is 0 Å². The Labute approximate surface area is 309 Å². The zero-order valence-electron chi connectivity index (χ0n) is 31.9. The number of carboxylic acid groups (broad SMARTS) is 1. The minimum atomic E-state index is -4.62. The highest BCUT2D eigenvalue weighted by atomic mass is 31.2. The molecule has 3 unspecified atom stereocenters. The maximum absolute atomic E-state index is 12.6. The summed E-state index contributed by atoms with van der Waals surface area (Å²) in [6, 6.07) is -1.48. The van der Waals surface area contributed by atoms with Crippen LogP contribution in [0.15, 0.2) is 48.6 Å². The Balaban J connectivity index is 4.33. The topological polar surface area (TPSA) is 155 Å². The van der Waals surface area contributed by atoms with Gasteiger partial charge in [-0.2, -0.15) is 0 Å². The molecule has 0 radical (unpaired) electrons. The number of hydrogen-bond acceptors (Lipinski definition) is 8. The van der Waals surface area contributed by atoms with Gasteiger partial charge in [0, 0.05) is 13.0 Å². The summed E-state index contributed by atoms with van der Waals surface area (Å²) in [5, 5.41) is 8.87. The van der Waals surface area contributed by atoms with Crippen molar-refractivity contribution >= 4 is 19.8 Å². The molecule has 10 nitrogen and oxygen atoms in total. The zero-order chi connectivity index (χ0) is 37.7. The number of carbonyl (C=O) groups is 2. The number of carboxylic acids is 1. The lowest BCUT2D eigenvalue weighted by molar-refractivity contribution is -0.154. The van der Waals surface area contributed by atoms with E-state index in [0.717, 1.165) is 77.0 Å². The Bertz CT molecular complexity index is 998. The van der Waals surface area contributed by atoms with Crippen LogP contribution in [-0.4, -0.2) is 60.5 Å². The highest BCUT2D eigenvalue weighted by Gasteiger charge is 2.27. The standard InChI is InChI=1S/C40H72NO9P/c1-3-5-7-9-11-13-15-17-18-19-21-23-25-27-29-31-33-47-34-37(35-48-51(45,46)49-36-38(41)40(43)44)50-39(42)32-30-28-26-24-22-20-16-14-12-10-8-6-4-2/h8,10-11,13-14,16-18,37-38H,3-7,9,12,15,19-36,41H2,1-2H3,(H,43,44)(H,45,46)/b10-8-,13-11-,16-14-,18-17-. The molecule has 0 amide bonds. The molecule has 0 saturated heterocycles. The number of phosphoric ester groups is 1. The number of esters is 1. The van der Waals surface area contributed by atoms with Gasteiger partial charge in [-0.05, 0) is 70.6 Å². The predicted molar refractivity (Wildman–Crippen MR) is 208 cm³/mol. The first-order chi connectivity index (χ1) is 24.7. The monoisotopic (exact) mass is 741 g/mol. The molecular formula is C40H72NO9P. The van der Waals surface area contributed by atoms with Crippen molar-refractivity contribution in [2.45, 2.75) is 167 Å². The number of aliphatic carboxylic acids is 1. The minimum Gasteiger partial charge on any atom is -0.480 e. The number of ether oxygens (including phenoxy) is 2. The molecule has 11 heteroatoms. The van der Waals surface area contributed by atoms with Crippen molar-refractivity contribution in [2.24, 2.45) is 5.73 Å². The molecule has 0 aromatic rings. The third-order valence-electron chi connectivity index (χ3n) is 8.06. The van der Waals surface area contributed by atoms with Crippen LogP contribution in [-0.2, 0) is 32.7 Å². The molecule has 0 aliphatic heterocycles. The summed E-state index contributed by atoms with van der Waals surface area (Å²) in [6.07, 6.45) is 40.2. The molecule has 0 bridgehead atoms.